The molecule has 2 aromatic carbocycles. The summed E-state index contributed by atoms with van der Waals surface area (Å²) in [6, 6.07) is 7.90. The lowest BCUT2D eigenvalue weighted by atomic mass is 10.0. The molecule has 1 aliphatic carbocycles. The van der Waals surface area contributed by atoms with Gasteiger partial charge in [-0.25, -0.2) is 0 Å². The van der Waals surface area contributed by atoms with Gasteiger partial charge in [0.15, 0.2) is 0 Å². The molecule has 0 aromatic heterocycles. The van der Waals surface area contributed by atoms with E-state index in [1.165, 1.54) is 22.1 Å². The fraction of sp³-hybridized carbons (Fsp3) is 0.0769. The molecule has 1 N–H and O–H groups in total. The van der Waals surface area contributed by atoms with Gasteiger partial charge in [0.2, 0.25) is 0 Å². The minimum Gasteiger partial charge on any atom is -0.507 e. The molecule has 0 radical (unpaired) electrons. The first kappa shape index (κ1) is 7.63. The van der Waals surface area contributed by atoms with Crippen molar-refractivity contribution < 1.29 is 5.11 Å². The minimum atomic E-state index is 0.373. The fourth-order valence-electron chi connectivity index (χ4n) is 2.13. The van der Waals surface area contributed by atoms with E-state index < -0.39 is 0 Å². The smallest absolute Gasteiger partial charge is 0.123 e. The van der Waals surface area contributed by atoms with Gasteiger partial charge < -0.3 is 5.11 Å². The summed E-state index contributed by atoms with van der Waals surface area (Å²) in [4.78, 5) is 0. The molecular weight excluding hydrogens is 172 g/mol. The number of hydrogen-bond donors (Lipinski definition) is 1. The average Bonchev–Trinajstić information content (AvgIpc) is 2.55. The Morgan fingerprint density at radius 2 is 1.79 bits per heavy atom. The molecule has 2 aromatic rings. The maximum absolute atomic E-state index is 9.74. The monoisotopic (exact) mass is 182 g/mol. The van der Waals surface area contributed by atoms with E-state index in [2.05, 4.69) is 18.2 Å². The van der Waals surface area contributed by atoms with Crippen molar-refractivity contribution in [3.63, 3.8) is 0 Å². The van der Waals surface area contributed by atoms with Gasteiger partial charge in [-0.05, 0) is 41.1 Å². The Morgan fingerprint density at radius 1 is 1.00 bits per heavy atom. The van der Waals surface area contributed by atoms with E-state index in [4.69, 9.17) is 0 Å². The Hall–Kier alpha value is -1.76. The topological polar surface area (TPSA) is 20.2 Å². The van der Waals surface area contributed by atoms with Crippen molar-refractivity contribution in [2.45, 2.75) is 6.92 Å². The van der Waals surface area contributed by atoms with Crippen molar-refractivity contribution in [1.29, 1.82) is 0 Å². The lowest BCUT2D eigenvalue weighted by molar-refractivity contribution is 0.481. The average molecular weight is 182 g/mol. The van der Waals surface area contributed by atoms with Gasteiger partial charge in [-0.1, -0.05) is 24.3 Å². The number of benzene rings is 2. The molecule has 0 spiro atoms. The van der Waals surface area contributed by atoms with Crippen LogP contribution in [-0.4, -0.2) is 5.11 Å². The third-order valence-electron chi connectivity index (χ3n) is 2.74. The molecule has 1 nitrogen and oxygen atoms in total. The van der Waals surface area contributed by atoms with Gasteiger partial charge in [0, 0.05) is 5.39 Å². The highest BCUT2D eigenvalue weighted by Crippen LogP contribution is 2.36. The van der Waals surface area contributed by atoms with Gasteiger partial charge in [-0.15, -0.1) is 0 Å². The number of aromatic hydroxyl groups is 1. The van der Waals surface area contributed by atoms with Crippen LogP contribution in [0, 0.1) is 6.92 Å². The van der Waals surface area contributed by atoms with E-state index in [9.17, 15) is 5.11 Å². The SMILES string of the molecule is Cc1cc2c3c(ccc(O)c3c1)C=C2. The van der Waals surface area contributed by atoms with Crippen molar-refractivity contribution in [2.24, 2.45) is 0 Å². The van der Waals surface area contributed by atoms with Gasteiger partial charge in [0.25, 0.3) is 0 Å². The number of phenols is 1. The van der Waals surface area contributed by atoms with Crippen molar-refractivity contribution in [3.05, 3.63) is 41.0 Å². The molecule has 1 heteroatoms. The van der Waals surface area contributed by atoms with Crippen LogP contribution >= 0.6 is 0 Å². The zero-order chi connectivity index (χ0) is 9.71. The summed E-state index contributed by atoms with van der Waals surface area (Å²) in [5.41, 5.74) is 3.60. The molecule has 0 bridgehead atoms. The molecule has 0 aliphatic heterocycles. The summed E-state index contributed by atoms with van der Waals surface area (Å²) in [6.45, 7) is 2.05. The second-order valence-corrected chi connectivity index (χ2v) is 3.78. The normalized spacial score (nSPS) is 12.6. The molecule has 0 heterocycles. The highest BCUT2D eigenvalue weighted by Gasteiger charge is 2.11. The quantitative estimate of drug-likeness (QED) is 0.565. The molecule has 0 unspecified atom stereocenters. The highest BCUT2D eigenvalue weighted by molar-refractivity contribution is 6.07. The Labute approximate surface area is 82.3 Å². The molecule has 0 fully saturated rings. The fourth-order valence-corrected chi connectivity index (χ4v) is 2.13. The molecule has 0 amide bonds. The Balaban J connectivity index is 2.60. The second-order valence-electron chi connectivity index (χ2n) is 3.78. The van der Waals surface area contributed by atoms with Crippen LogP contribution in [0.4, 0.5) is 0 Å². The summed E-state index contributed by atoms with van der Waals surface area (Å²) < 4.78 is 0. The van der Waals surface area contributed by atoms with E-state index in [0.29, 0.717) is 5.75 Å². The first-order valence-corrected chi connectivity index (χ1v) is 4.70. The van der Waals surface area contributed by atoms with Crippen LogP contribution in [0.2, 0.25) is 0 Å². The zero-order valence-electron chi connectivity index (χ0n) is 7.91. The predicted molar refractivity (Wildman–Crippen MR) is 59.3 cm³/mol. The van der Waals surface area contributed by atoms with Gasteiger partial charge in [-0.2, -0.15) is 0 Å². The number of phenolic OH excluding ortho intramolecular Hbond substituents is 1. The van der Waals surface area contributed by atoms with Crippen LogP contribution in [0.25, 0.3) is 22.9 Å². The van der Waals surface area contributed by atoms with Crippen LogP contribution in [0.5, 0.6) is 5.75 Å². The Morgan fingerprint density at radius 3 is 2.64 bits per heavy atom. The van der Waals surface area contributed by atoms with Crippen LogP contribution in [-0.2, 0) is 0 Å². The molecule has 68 valence electrons. The number of hydrogen-bond acceptors (Lipinski definition) is 1. The van der Waals surface area contributed by atoms with Crippen molar-refractivity contribution >= 4 is 22.9 Å². The standard InChI is InChI=1S/C13H10O/c1-8-6-10-3-2-9-4-5-12(14)11(7-8)13(9)10/h2-7,14H,1H3. The van der Waals surface area contributed by atoms with E-state index in [-0.39, 0.29) is 0 Å². The maximum atomic E-state index is 9.74. The summed E-state index contributed by atoms with van der Waals surface area (Å²) >= 11 is 0. The van der Waals surface area contributed by atoms with Gasteiger partial charge in [0.05, 0.1) is 0 Å². The molecule has 0 saturated carbocycles. The van der Waals surface area contributed by atoms with Crippen LogP contribution in [0.3, 0.4) is 0 Å². The minimum absolute atomic E-state index is 0.373. The van der Waals surface area contributed by atoms with Crippen LogP contribution < -0.4 is 0 Å². The van der Waals surface area contributed by atoms with Crippen molar-refractivity contribution in [2.75, 3.05) is 0 Å². The van der Waals surface area contributed by atoms with Gasteiger partial charge in [-0.3, -0.25) is 0 Å². The van der Waals surface area contributed by atoms with Crippen LogP contribution in [0.15, 0.2) is 24.3 Å². The van der Waals surface area contributed by atoms with Gasteiger partial charge >= 0.3 is 0 Å². The second kappa shape index (κ2) is 2.38. The largest absolute Gasteiger partial charge is 0.507 e. The maximum Gasteiger partial charge on any atom is 0.123 e. The third kappa shape index (κ3) is 0.841. The lowest BCUT2D eigenvalue weighted by Gasteiger charge is -2.05. The van der Waals surface area contributed by atoms with E-state index in [1.807, 2.05) is 19.1 Å². The molecule has 14 heavy (non-hydrogen) atoms. The van der Waals surface area contributed by atoms with Crippen LogP contribution in [0.1, 0.15) is 16.7 Å². The number of rotatable bonds is 0. The van der Waals surface area contributed by atoms with Crippen molar-refractivity contribution in [1.82, 2.24) is 0 Å². The molecule has 0 atom stereocenters. The molecule has 0 saturated heterocycles. The number of aryl methyl sites for hydroxylation is 1. The lowest BCUT2D eigenvalue weighted by Crippen LogP contribution is -1.81. The summed E-state index contributed by atoms with van der Waals surface area (Å²) in [5.74, 6) is 0.373. The van der Waals surface area contributed by atoms with E-state index in [0.717, 1.165) is 5.39 Å². The highest BCUT2D eigenvalue weighted by atomic mass is 16.3. The van der Waals surface area contributed by atoms with Crippen molar-refractivity contribution in [3.8, 4) is 5.75 Å². The predicted octanol–water partition coefficient (Wildman–Crippen LogP) is 3.34. The summed E-state index contributed by atoms with van der Waals surface area (Å²) in [7, 11) is 0. The molecular formula is C13H10O. The summed E-state index contributed by atoms with van der Waals surface area (Å²) in [5, 5.41) is 11.9. The third-order valence-corrected chi connectivity index (χ3v) is 2.74. The first-order valence-electron chi connectivity index (χ1n) is 4.70. The first-order chi connectivity index (χ1) is 6.75. The zero-order valence-corrected chi connectivity index (χ0v) is 7.91. The van der Waals surface area contributed by atoms with Gasteiger partial charge in [0.1, 0.15) is 5.75 Å². The summed E-state index contributed by atoms with van der Waals surface area (Å²) in [6.07, 6.45) is 4.20. The Kier molecular flexibility index (Phi) is 1.30. The Bertz CT molecular complexity index is 565. The van der Waals surface area contributed by atoms with E-state index in [1.54, 1.807) is 6.07 Å². The van der Waals surface area contributed by atoms with E-state index >= 15 is 0 Å². The molecule has 3 rings (SSSR count). The molecule has 1 aliphatic rings.